The SMILES string of the molecule is C=CCOc1ccc2c(C)c(C)c(=O)oc2c1C. The normalized spacial score (nSPS) is 10.6. The van der Waals surface area contributed by atoms with Gasteiger partial charge in [0, 0.05) is 16.5 Å². The molecule has 0 saturated heterocycles. The Bertz CT molecular complexity index is 665. The molecule has 0 radical (unpaired) electrons. The van der Waals surface area contributed by atoms with Gasteiger partial charge in [0.25, 0.3) is 0 Å². The molecule has 0 atom stereocenters. The van der Waals surface area contributed by atoms with Crippen molar-refractivity contribution in [1.82, 2.24) is 0 Å². The zero-order chi connectivity index (χ0) is 13.3. The smallest absolute Gasteiger partial charge is 0.339 e. The second kappa shape index (κ2) is 4.69. The predicted octanol–water partition coefficient (Wildman–Crippen LogP) is 3.28. The number of ether oxygens (including phenoxy) is 1. The first-order valence-electron chi connectivity index (χ1n) is 5.83. The molecule has 0 aliphatic heterocycles. The van der Waals surface area contributed by atoms with Crippen LogP contribution in [0.1, 0.15) is 16.7 Å². The van der Waals surface area contributed by atoms with Gasteiger partial charge < -0.3 is 9.15 Å². The molecular formula is C15H16O3. The molecule has 2 aromatic rings. The second-order valence-corrected chi connectivity index (χ2v) is 4.30. The highest BCUT2D eigenvalue weighted by molar-refractivity contribution is 5.85. The van der Waals surface area contributed by atoms with E-state index in [2.05, 4.69) is 6.58 Å². The van der Waals surface area contributed by atoms with Crippen molar-refractivity contribution >= 4 is 11.0 Å². The molecule has 3 heteroatoms. The molecule has 1 aromatic heterocycles. The summed E-state index contributed by atoms with van der Waals surface area (Å²) in [4.78, 5) is 11.7. The Morgan fingerprint density at radius 2 is 1.94 bits per heavy atom. The highest BCUT2D eigenvalue weighted by atomic mass is 16.5. The molecule has 0 amide bonds. The van der Waals surface area contributed by atoms with E-state index in [4.69, 9.17) is 9.15 Å². The predicted molar refractivity (Wildman–Crippen MR) is 72.4 cm³/mol. The van der Waals surface area contributed by atoms with Crippen LogP contribution in [0.25, 0.3) is 11.0 Å². The number of benzene rings is 1. The van der Waals surface area contributed by atoms with Gasteiger partial charge >= 0.3 is 5.63 Å². The minimum absolute atomic E-state index is 0.288. The van der Waals surface area contributed by atoms with Crippen LogP contribution in [0, 0.1) is 20.8 Å². The van der Waals surface area contributed by atoms with Crippen LogP contribution in [0.4, 0.5) is 0 Å². The molecule has 0 aliphatic carbocycles. The lowest BCUT2D eigenvalue weighted by atomic mass is 10.0. The Balaban J connectivity index is 2.71. The summed E-state index contributed by atoms with van der Waals surface area (Å²) < 4.78 is 10.9. The van der Waals surface area contributed by atoms with Gasteiger partial charge in [-0.1, -0.05) is 12.7 Å². The van der Waals surface area contributed by atoms with E-state index < -0.39 is 0 Å². The third kappa shape index (κ3) is 1.92. The first-order chi connectivity index (χ1) is 8.56. The van der Waals surface area contributed by atoms with E-state index in [1.807, 2.05) is 26.0 Å². The number of hydrogen-bond acceptors (Lipinski definition) is 3. The molecule has 1 aromatic carbocycles. The summed E-state index contributed by atoms with van der Waals surface area (Å²) in [5, 5.41) is 0.954. The van der Waals surface area contributed by atoms with Gasteiger partial charge in [0.15, 0.2) is 0 Å². The van der Waals surface area contributed by atoms with Crippen LogP contribution < -0.4 is 10.4 Å². The molecule has 0 bridgehead atoms. The van der Waals surface area contributed by atoms with Gasteiger partial charge in [0.05, 0.1) is 0 Å². The average Bonchev–Trinajstić information content (AvgIpc) is 2.36. The van der Waals surface area contributed by atoms with Crippen molar-refractivity contribution in [2.24, 2.45) is 0 Å². The summed E-state index contributed by atoms with van der Waals surface area (Å²) in [5.74, 6) is 0.716. The van der Waals surface area contributed by atoms with E-state index in [1.165, 1.54) is 0 Å². The van der Waals surface area contributed by atoms with Gasteiger partial charge in [-0.3, -0.25) is 0 Å². The summed E-state index contributed by atoms with van der Waals surface area (Å²) >= 11 is 0. The van der Waals surface area contributed by atoms with E-state index >= 15 is 0 Å². The summed E-state index contributed by atoms with van der Waals surface area (Å²) in [7, 11) is 0. The fourth-order valence-corrected chi connectivity index (χ4v) is 1.93. The van der Waals surface area contributed by atoms with Crippen LogP contribution in [0.5, 0.6) is 5.75 Å². The van der Waals surface area contributed by atoms with Crippen LogP contribution in [-0.4, -0.2) is 6.61 Å². The monoisotopic (exact) mass is 244 g/mol. The van der Waals surface area contributed by atoms with Gasteiger partial charge in [-0.25, -0.2) is 4.79 Å². The Labute approximate surface area is 106 Å². The van der Waals surface area contributed by atoms with Gasteiger partial charge in [0.1, 0.15) is 17.9 Å². The van der Waals surface area contributed by atoms with Crippen molar-refractivity contribution in [2.75, 3.05) is 6.61 Å². The van der Waals surface area contributed by atoms with Crippen LogP contribution in [0.3, 0.4) is 0 Å². The van der Waals surface area contributed by atoms with E-state index in [0.717, 1.165) is 16.5 Å². The molecule has 0 spiro atoms. The second-order valence-electron chi connectivity index (χ2n) is 4.30. The molecule has 0 unspecified atom stereocenters. The Kier molecular flexibility index (Phi) is 3.24. The summed E-state index contributed by atoms with van der Waals surface area (Å²) in [6.45, 7) is 9.63. The lowest BCUT2D eigenvalue weighted by Gasteiger charge is -2.11. The molecule has 0 fully saturated rings. The zero-order valence-corrected chi connectivity index (χ0v) is 10.9. The molecule has 0 aliphatic rings. The first kappa shape index (κ1) is 12.4. The Morgan fingerprint density at radius 1 is 1.22 bits per heavy atom. The minimum atomic E-state index is -0.288. The van der Waals surface area contributed by atoms with Crippen LogP contribution in [0.2, 0.25) is 0 Å². The maximum absolute atomic E-state index is 11.7. The highest BCUT2D eigenvalue weighted by Gasteiger charge is 2.12. The van der Waals surface area contributed by atoms with Crippen LogP contribution >= 0.6 is 0 Å². The van der Waals surface area contributed by atoms with Crippen LogP contribution in [-0.2, 0) is 0 Å². The van der Waals surface area contributed by atoms with Crippen molar-refractivity contribution in [1.29, 1.82) is 0 Å². The third-order valence-electron chi connectivity index (χ3n) is 3.18. The van der Waals surface area contributed by atoms with E-state index in [1.54, 1.807) is 13.0 Å². The molecule has 2 rings (SSSR count). The van der Waals surface area contributed by atoms with Crippen molar-refractivity contribution in [2.45, 2.75) is 20.8 Å². The number of hydrogen-bond donors (Lipinski definition) is 0. The van der Waals surface area contributed by atoms with Crippen molar-refractivity contribution < 1.29 is 9.15 Å². The number of aryl methyl sites for hydroxylation is 2. The molecule has 3 nitrogen and oxygen atoms in total. The third-order valence-corrected chi connectivity index (χ3v) is 3.18. The molecular weight excluding hydrogens is 228 g/mol. The molecule has 18 heavy (non-hydrogen) atoms. The van der Waals surface area contributed by atoms with Crippen molar-refractivity contribution in [3.05, 3.63) is 51.9 Å². The standard InChI is InChI=1S/C15H16O3/c1-5-8-17-13-7-6-12-9(2)10(3)15(16)18-14(12)11(13)4/h5-7H,1,8H2,2-4H3. The number of rotatable bonds is 3. The topological polar surface area (TPSA) is 39.4 Å². The van der Waals surface area contributed by atoms with Crippen molar-refractivity contribution in [3.63, 3.8) is 0 Å². The Morgan fingerprint density at radius 3 is 2.61 bits per heavy atom. The minimum Gasteiger partial charge on any atom is -0.489 e. The lowest BCUT2D eigenvalue weighted by Crippen LogP contribution is -2.06. The first-order valence-corrected chi connectivity index (χ1v) is 5.83. The largest absolute Gasteiger partial charge is 0.489 e. The van der Waals surface area contributed by atoms with E-state index in [9.17, 15) is 4.79 Å². The number of fused-ring (bicyclic) bond motifs is 1. The van der Waals surface area contributed by atoms with Gasteiger partial charge in [-0.2, -0.15) is 0 Å². The zero-order valence-electron chi connectivity index (χ0n) is 10.9. The molecule has 1 heterocycles. The molecule has 94 valence electrons. The maximum atomic E-state index is 11.7. The summed E-state index contributed by atoms with van der Waals surface area (Å²) in [6.07, 6.45) is 1.68. The van der Waals surface area contributed by atoms with E-state index in [-0.39, 0.29) is 5.63 Å². The maximum Gasteiger partial charge on any atom is 0.339 e. The lowest BCUT2D eigenvalue weighted by molar-refractivity contribution is 0.360. The summed E-state index contributed by atoms with van der Waals surface area (Å²) in [6, 6.07) is 3.82. The van der Waals surface area contributed by atoms with Crippen LogP contribution in [0.15, 0.2) is 34.0 Å². The van der Waals surface area contributed by atoms with E-state index in [0.29, 0.717) is 23.5 Å². The average molecular weight is 244 g/mol. The Hall–Kier alpha value is -2.03. The van der Waals surface area contributed by atoms with Crippen molar-refractivity contribution in [3.8, 4) is 5.75 Å². The fourth-order valence-electron chi connectivity index (χ4n) is 1.93. The quantitative estimate of drug-likeness (QED) is 0.614. The van der Waals surface area contributed by atoms with Gasteiger partial charge in [0.2, 0.25) is 0 Å². The molecule has 0 N–H and O–H groups in total. The van der Waals surface area contributed by atoms with Gasteiger partial charge in [-0.05, 0) is 38.5 Å². The highest BCUT2D eigenvalue weighted by Crippen LogP contribution is 2.29. The summed E-state index contributed by atoms with van der Waals surface area (Å²) in [5.41, 5.74) is 2.77. The molecule has 0 saturated carbocycles. The fraction of sp³-hybridized carbons (Fsp3) is 0.267. The van der Waals surface area contributed by atoms with Gasteiger partial charge in [-0.15, -0.1) is 0 Å².